The van der Waals surface area contributed by atoms with Gasteiger partial charge in [-0.05, 0) is 43.7 Å². The summed E-state index contributed by atoms with van der Waals surface area (Å²) in [7, 11) is 3.27. The normalized spacial score (nSPS) is 10.3. The van der Waals surface area contributed by atoms with Crippen molar-refractivity contribution in [3.63, 3.8) is 0 Å². The molecular formula is C20H23ClN4O3. The molecule has 0 aliphatic rings. The van der Waals surface area contributed by atoms with Crippen LogP contribution in [0.5, 0.6) is 0 Å². The number of rotatable bonds is 6. The fourth-order valence-corrected chi connectivity index (χ4v) is 2.72. The van der Waals surface area contributed by atoms with E-state index in [-0.39, 0.29) is 28.4 Å². The van der Waals surface area contributed by atoms with Gasteiger partial charge in [0.15, 0.2) is 0 Å². The number of hydrogen-bond acceptors (Lipinski definition) is 4. The molecule has 0 aliphatic heterocycles. The molecule has 1 aromatic heterocycles. The van der Waals surface area contributed by atoms with Gasteiger partial charge in [-0.1, -0.05) is 18.5 Å². The number of nitrogens with one attached hydrogen (secondary N) is 2. The standard InChI is InChI=1S/C20H23ClN4O3/c1-5-10-22-18(26)15-7-6-13(11-16(15)21)24-19(27)14-8-9-17(23-12(14)2)20(28)25(3)4/h6-9,11H,5,10H2,1-4H3,(H,22,26)(H,24,27). The average molecular weight is 403 g/mol. The number of amides is 3. The Kier molecular flexibility index (Phi) is 7.12. The first-order valence-electron chi connectivity index (χ1n) is 8.83. The Balaban J connectivity index is 2.15. The summed E-state index contributed by atoms with van der Waals surface area (Å²) in [5.74, 6) is -0.877. The Hall–Kier alpha value is -2.93. The number of nitrogens with zero attached hydrogens (tertiary/aromatic N) is 2. The van der Waals surface area contributed by atoms with Crippen LogP contribution in [0.15, 0.2) is 30.3 Å². The van der Waals surface area contributed by atoms with Crippen molar-refractivity contribution in [2.45, 2.75) is 20.3 Å². The van der Waals surface area contributed by atoms with E-state index in [4.69, 9.17) is 11.6 Å². The van der Waals surface area contributed by atoms with E-state index in [9.17, 15) is 14.4 Å². The van der Waals surface area contributed by atoms with Crippen LogP contribution in [0.1, 0.15) is 50.2 Å². The molecule has 0 radical (unpaired) electrons. The Labute approximate surface area is 169 Å². The maximum Gasteiger partial charge on any atom is 0.271 e. The summed E-state index contributed by atoms with van der Waals surface area (Å²) in [6.07, 6.45) is 0.823. The maximum atomic E-state index is 12.6. The van der Waals surface area contributed by atoms with Crippen LogP contribution in [-0.2, 0) is 0 Å². The summed E-state index contributed by atoms with van der Waals surface area (Å²) in [4.78, 5) is 42.2. The smallest absolute Gasteiger partial charge is 0.271 e. The van der Waals surface area contributed by atoms with Gasteiger partial charge in [0.2, 0.25) is 0 Å². The lowest BCUT2D eigenvalue weighted by Gasteiger charge is -2.12. The molecule has 0 spiro atoms. The van der Waals surface area contributed by atoms with Gasteiger partial charge in [-0.2, -0.15) is 0 Å². The van der Waals surface area contributed by atoms with Crippen LogP contribution in [0.4, 0.5) is 5.69 Å². The van der Waals surface area contributed by atoms with Gasteiger partial charge < -0.3 is 15.5 Å². The minimum Gasteiger partial charge on any atom is -0.352 e. The van der Waals surface area contributed by atoms with E-state index in [1.54, 1.807) is 39.2 Å². The van der Waals surface area contributed by atoms with Crippen LogP contribution in [-0.4, -0.2) is 48.2 Å². The Morgan fingerprint density at radius 3 is 2.32 bits per heavy atom. The summed E-state index contributed by atoms with van der Waals surface area (Å²) in [5.41, 5.74) is 1.85. The fraction of sp³-hybridized carbons (Fsp3) is 0.300. The molecule has 8 heteroatoms. The molecule has 1 aromatic carbocycles. The van der Waals surface area contributed by atoms with E-state index in [1.807, 2.05) is 6.92 Å². The van der Waals surface area contributed by atoms with Gasteiger partial charge in [0.05, 0.1) is 21.8 Å². The van der Waals surface area contributed by atoms with Gasteiger partial charge in [0, 0.05) is 26.3 Å². The average Bonchev–Trinajstić information content (AvgIpc) is 2.65. The van der Waals surface area contributed by atoms with Gasteiger partial charge >= 0.3 is 0 Å². The summed E-state index contributed by atoms with van der Waals surface area (Å²) in [6, 6.07) is 7.76. The van der Waals surface area contributed by atoms with E-state index >= 15 is 0 Å². The number of aromatic nitrogens is 1. The first kappa shape index (κ1) is 21.4. The Morgan fingerprint density at radius 1 is 1.07 bits per heavy atom. The van der Waals surface area contributed by atoms with E-state index in [0.29, 0.717) is 29.1 Å². The number of carbonyl (C=O) groups is 3. The van der Waals surface area contributed by atoms with Gasteiger partial charge in [-0.3, -0.25) is 14.4 Å². The fourth-order valence-electron chi connectivity index (χ4n) is 2.46. The van der Waals surface area contributed by atoms with Crippen molar-refractivity contribution in [1.82, 2.24) is 15.2 Å². The number of pyridine rings is 1. The largest absolute Gasteiger partial charge is 0.352 e. The van der Waals surface area contributed by atoms with E-state index in [1.165, 1.54) is 17.0 Å². The number of anilines is 1. The number of hydrogen-bond donors (Lipinski definition) is 2. The monoisotopic (exact) mass is 402 g/mol. The van der Waals surface area contributed by atoms with Crippen LogP contribution in [0.2, 0.25) is 5.02 Å². The van der Waals surface area contributed by atoms with Gasteiger partial charge in [-0.15, -0.1) is 0 Å². The zero-order valence-electron chi connectivity index (χ0n) is 16.3. The second-order valence-electron chi connectivity index (χ2n) is 6.43. The molecule has 2 aromatic rings. The summed E-state index contributed by atoms with van der Waals surface area (Å²) in [5, 5.41) is 5.73. The quantitative estimate of drug-likeness (QED) is 0.776. The zero-order chi connectivity index (χ0) is 20.8. The highest BCUT2D eigenvalue weighted by Gasteiger charge is 2.16. The van der Waals surface area contributed by atoms with Gasteiger partial charge in [-0.25, -0.2) is 4.98 Å². The highest BCUT2D eigenvalue weighted by molar-refractivity contribution is 6.34. The molecule has 3 amide bonds. The van der Waals surface area contributed by atoms with Crippen molar-refractivity contribution in [3.8, 4) is 0 Å². The van der Waals surface area contributed by atoms with Crippen LogP contribution in [0.25, 0.3) is 0 Å². The van der Waals surface area contributed by atoms with Crippen LogP contribution >= 0.6 is 11.6 Å². The lowest BCUT2D eigenvalue weighted by Crippen LogP contribution is -2.24. The van der Waals surface area contributed by atoms with E-state index in [0.717, 1.165) is 6.42 Å². The van der Waals surface area contributed by atoms with Crippen molar-refractivity contribution < 1.29 is 14.4 Å². The van der Waals surface area contributed by atoms with Crippen LogP contribution in [0.3, 0.4) is 0 Å². The SMILES string of the molecule is CCCNC(=O)c1ccc(NC(=O)c2ccc(C(=O)N(C)C)nc2C)cc1Cl. The predicted molar refractivity (Wildman–Crippen MR) is 109 cm³/mol. The Bertz CT molecular complexity index is 912. The summed E-state index contributed by atoms with van der Waals surface area (Å²) >= 11 is 6.18. The second-order valence-corrected chi connectivity index (χ2v) is 6.84. The molecule has 7 nitrogen and oxygen atoms in total. The van der Waals surface area contributed by atoms with Gasteiger partial charge in [0.1, 0.15) is 5.69 Å². The molecule has 2 rings (SSSR count). The second kappa shape index (κ2) is 9.32. The third-order valence-corrected chi connectivity index (χ3v) is 4.28. The topological polar surface area (TPSA) is 91.4 Å². The summed E-state index contributed by atoms with van der Waals surface area (Å²) in [6.45, 7) is 4.18. The van der Waals surface area contributed by atoms with Crippen molar-refractivity contribution in [2.24, 2.45) is 0 Å². The van der Waals surface area contributed by atoms with Crippen molar-refractivity contribution in [2.75, 3.05) is 26.0 Å². The third-order valence-electron chi connectivity index (χ3n) is 3.96. The molecule has 0 saturated heterocycles. The highest BCUT2D eigenvalue weighted by atomic mass is 35.5. The minimum absolute atomic E-state index is 0.237. The van der Waals surface area contributed by atoms with Crippen molar-refractivity contribution in [1.29, 1.82) is 0 Å². The lowest BCUT2D eigenvalue weighted by atomic mass is 10.1. The molecular weight excluding hydrogens is 380 g/mol. The first-order chi connectivity index (χ1) is 13.2. The molecule has 1 heterocycles. The highest BCUT2D eigenvalue weighted by Crippen LogP contribution is 2.22. The molecule has 28 heavy (non-hydrogen) atoms. The molecule has 0 atom stereocenters. The Morgan fingerprint density at radius 2 is 1.75 bits per heavy atom. The van der Waals surface area contributed by atoms with Crippen molar-refractivity contribution in [3.05, 3.63) is 57.9 Å². The van der Waals surface area contributed by atoms with Crippen LogP contribution < -0.4 is 10.6 Å². The zero-order valence-corrected chi connectivity index (χ0v) is 17.1. The number of halogens is 1. The van der Waals surface area contributed by atoms with E-state index < -0.39 is 0 Å². The number of aryl methyl sites for hydroxylation is 1. The maximum absolute atomic E-state index is 12.6. The molecule has 2 N–H and O–H groups in total. The minimum atomic E-state index is -0.381. The molecule has 0 unspecified atom stereocenters. The summed E-state index contributed by atoms with van der Waals surface area (Å²) < 4.78 is 0. The molecule has 148 valence electrons. The number of carbonyl (C=O) groups excluding carboxylic acids is 3. The predicted octanol–water partition coefficient (Wildman–Crippen LogP) is 3.14. The molecule has 0 fully saturated rings. The third kappa shape index (κ3) is 5.07. The number of benzene rings is 1. The van der Waals surface area contributed by atoms with Crippen molar-refractivity contribution >= 4 is 35.0 Å². The first-order valence-corrected chi connectivity index (χ1v) is 9.20. The molecule has 0 aliphatic carbocycles. The molecule has 0 saturated carbocycles. The molecule has 0 bridgehead atoms. The van der Waals surface area contributed by atoms with Gasteiger partial charge in [0.25, 0.3) is 17.7 Å². The van der Waals surface area contributed by atoms with E-state index in [2.05, 4.69) is 15.6 Å². The lowest BCUT2D eigenvalue weighted by molar-refractivity contribution is 0.0820. The van der Waals surface area contributed by atoms with Crippen LogP contribution in [0, 0.1) is 6.92 Å².